The molecular weight excluding hydrogens is 124 g/mol. The fraction of sp³-hybridized carbons (Fsp3) is 0.750. The van der Waals surface area contributed by atoms with Gasteiger partial charge >= 0.3 is 0 Å². The van der Waals surface area contributed by atoms with Gasteiger partial charge in [-0.2, -0.15) is 0 Å². The molecule has 0 aromatic rings. The van der Waals surface area contributed by atoms with E-state index < -0.39 is 0 Å². The fourth-order valence-electron chi connectivity index (χ4n) is 0.807. The van der Waals surface area contributed by atoms with Gasteiger partial charge in [0, 0.05) is 19.8 Å². The molecule has 0 aliphatic heterocycles. The second-order valence-corrected chi connectivity index (χ2v) is 2.12. The van der Waals surface area contributed by atoms with Crippen molar-refractivity contribution >= 4 is 11.9 Å². The Morgan fingerprint density at radius 3 is 2.50 bits per heavy atom. The molecule has 0 atom stereocenters. The van der Waals surface area contributed by atoms with Crippen molar-refractivity contribution in [1.29, 1.82) is 0 Å². The molecule has 0 rings (SSSR count). The topological polar surface area (TPSA) is 24.7 Å². The predicted molar refractivity (Wildman–Crippen MR) is 47.3 cm³/mol. The summed E-state index contributed by atoms with van der Waals surface area (Å²) in [5, 5.41) is 0. The fourth-order valence-corrected chi connectivity index (χ4v) is 0.807. The summed E-state index contributed by atoms with van der Waals surface area (Å²) >= 11 is 0. The van der Waals surface area contributed by atoms with Crippen LogP contribution < -0.4 is 0 Å². The minimum Gasteiger partial charge on any atom is -0.301 e. The summed E-state index contributed by atoms with van der Waals surface area (Å²) in [6.07, 6.45) is 5.08. The maximum absolute atomic E-state index is 4.13. The molecule has 10 heavy (non-hydrogen) atoms. The van der Waals surface area contributed by atoms with Crippen molar-refractivity contribution in [1.82, 2.24) is 0 Å². The highest BCUT2D eigenvalue weighted by Gasteiger charge is 1.91. The van der Waals surface area contributed by atoms with Crippen LogP contribution in [0.2, 0.25) is 0 Å². The Labute approximate surface area is 63.1 Å². The van der Waals surface area contributed by atoms with E-state index in [2.05, 4.69) is 16.9 Å². The molecule has 0 heterocycles. The van der Waals surface area contributed by atoms with Crippen molar-refractivity contribution in [3.05, 3.63) is 0 Å². The first-order valence-electron chi connectivity index (χ1n) is 3.70. The molecule has 0 amide bonds. The first-order chi connectivity index (χ1) is 4.85. The van der Waals surface area contributed by atoms with E-state index in [-0.39, 0.29) is 0 Å². The third-order valence-electron chi connectivity index (χ3n) is 1.47. The van der Waals surface area contributed by atoms with Crippen LogP contribution in [0.25, 0.3) is 0 Å². The molecule has 0 aliphatic carbocycles. The van der Waals surface area contributed by atoms with Crippen LogP contribution >= 0.6 is 0 Å². The van der Waals surface area contributed by atoms with Crippen molar-refractivity contribution in [3.8, 4) is 0 Å². The van der Waals surface area contributed by atoms with E-state index in [1.165, 1.54) is 5.71 Å². The molecule has 0 radical (unpaired) electrons. The summed E-state index contributed by atoms with van der Waals surface area (Å²) in [7, 11) is 3.65. The number of aliphatic imine (C=N–C) groups is 2. The molecule has 0 spiro atoms. The molecule has 58 valence electrons. The van der Waals surface area contributed by atoms with Gasteiger partial charge in [0.05, 0.1) is 0 Å². The molecule has 0 N–H and O–H groups in total. The molecule has 0 fully saturated rings. The van der Waals surface area contributed by atoms with E-state index in [0.717, 1.165) is 19.3 Å². The number of nitrogens with zero attached hydrogens (tertiary/aromatic N) is 2. The Balaban J connectivity index is 3.46. The molecule has 0 saturated heterocycles. The van der Waals surface area contributed by atoms with Gasteiger partial charge in [-0.15, -0.1) is 0 Å². The summed E-state index contributed by atoms with van der Waals surface area (Å²) in [4.78, 5) is 8.03. The molecule has 2 heteroatoms. The highest BCUT2D eigenvalue weighted by molar-refractivity contribution is 5.85. The van der Waals surface area contributed by atoms with Crippen LogP contribution in [-0.4, -0.2) is 26.0 Å². The third kappa shape index (κ3) is 4.24. The van der Waals surface area contributed by atoms with Crippen LogP contribution in [0.3, 0.4) is 0 Å². The van der Waals surface area contributed by atoms with Crippen LogP contribution in [0, 0.1) is 0 Å². The molecule has 0 aromatic carbocycles. The van der Waals surface area contributed by atoms with Gasteiger partial charge in [0.15, 0.2) is 0 Å². The van der Waals surface area contributed by atoms with Gasteiger partial charge < -0.3 is 4.99 Å². The van der Waals surface area contributed by atoms with Gasteiger partial charge in [0.25, 0.3) is 0 Å². The third-order valence-corrected chi connectivity index (χ3v) is 1.47. The summed E-state index contributed by atoms with van der Waals surface area (Å²) in [6.45, 7) is 2.13. The van der Waals surface area contributed by atoms with Gasteiger partial charge in [0.2, 0.25) is 0 Å². The first-order valence-corrected chi connectivity index (χ1v) is 3.70. The maximum Gasteiger partial charge on any atom is 0.0276 e. The summed E-state index contributed by atoms with van der Waals surface area (Å²) < 4.78 is 0. The quantitative estimate of drug-likeness (QED) is 0.533. The van der Waals surface area contributed by atoms with Gasteiger partial charge in [-0.1, -0.05) is 6.92 Å². The lowest BCUT2D eigenvalue weighted by atomic mass is 10.2. The zero-order valence-corrected chi connectivity index (χ0v) is 7.09. The number of rotatable bonds is 4. The lowest BCUT2D eigenvalue weighted by Crippen LogP contribution is -1.95. The summed E-state index contributed by atoms with van der Waals surface area (Å²) in [5.74, 6) is 0. The Morgan fingerprint density at radius 2 is 2.10 bits per heavy atom. The van der Waals surface area contributed by atoms with Gasteiger partial charge in [-0.3, -0.25) is 4.99 Å². The minimum atomic E-state index is 1.02. The number of hydrogen-bond acceptors (Lipinski definition) is 2. The van der Waals surface area contributed by atoms with E-state index in [1.807, 2.05) is 13.3 Å². The van der Waals surface area contributed by atoms with Crippen LogP contribution in [0.5, 0.6) is 0 Å². The largest absolute Gasteiger partial charge is 0.301 e. The van der Waals surface area contributed by atoms with Crippen molar-refractivity contribution < 1.29 is 0 Å². The Bertz CT molecular complexity index is 125. The van der Waals surface area contributed by atoms with E-state index in [4.69, 9.17) is 0 Å². The Kier molecular flexibility index (Phi) is 6.03. The molecule has 2 nitrogen and oxygen atoms in total. The van der Waals surface area contributed by atoms with E-state index in [9.17, 15) is 0 Å². The molecule has 0 aromatic heterocycles. The second kappa shape index (κ2) is 6.46. The molecular formula is C8H16N2. The summed E-state index contributed by atoms with van der Waals surface area (Å²) in [6, 6.07) is 0. The zero-order chi connectivity index (χ0) is 7.82. The second-order valence-electron chi connectivity index (χ2n) is 2.12. The van der Waals surface area contributed by atoms with E-state index in [0.29, 0.717) is 0 Å². The van der Waals surface area contributed by atoms with Gasteiger partial charge in [-0.25, -0.2) is 0 Å². The smallest absolute Gasteiger partial charge is 0.0276 e. The molecule has 0 saturated carbocycles. The molecule has 0 aliphatic rings. The van der Waals surface area contributed by atoms with Crippen LogP contribution in [0.4, 0.5) is 0 Å². The van der Waals surface area contributed by atoms with Crippen molar-refractivity contribution in [2.24, 2.45) is 9.98 Å². The van der Waals surface area contributed by atoms with Crippen LogP contribution in [0.1, 0.15) is 26.2 Å². The average molecular weight is 140 g/mol. The first kappa shape index (κ1) is 9.34. The van der Waals surface area contributed by atoms with Crippen molar-refractivity contribution in [2.45, 2.75) is 26.2 Å². The normalized spacial score (nSPS) is 12.9. The average Bonchev–Trinajstić information content (AvgIpc) is 1.99. The Hall–Kier alpha value is -0.660. The van der Waals surface area contributed by atoms with Crippen molar-refractivity contribution in [3.63, 3.8) is 0 Å². The standard InChI is InChI=1S/C8H16N2/c1-4-8(10-3)6-5-7-9-2/h7H,4-6H2,1-3H3. The van der Waals surface area contributed by atoms with Gasteiger partial charge in [0.1, 0.15) is 0 Å². The molecule has 0 unspecified atom stereocenters. The zero-order valence-electron chi connectivity index (χ0n) is 7.09. The van der Waals surface area contributed by atoms with Gasteiger partial charge in [-0.05, 0) is 25.5 Å². The predicted octanol–water partition coefficient (Wildman–Crippen LogP) is 1.95. The highest BCUT2D eigenvalue weighted by atomic mass is 14.7. The monoisotopic (exact) mass is 140 g/mol. The van der Waals surface area contributed by atoms with Crippen LogP contribution in [0.15, 0.2) is 9.98 Å². The molecule has 0 bridgehead atoms. The van der Waals surface area contributed by atoms with E-state index >= 15 is 0 Å². The van der Waals surface area contributed by atoms with Crippen molar-refractivity contribution in [2.75, 3.05) is 14.1 Å². The lowest BCUT2D eigenvalue weighted by molar-refractivity contribution is 1.08. The van der Waals surface area contributed by atoms with E-state index in [1.54, 1.807) is 7.05 Å². The summed E-state index contributed by atoms with van der Waals surface area (Å²) in [5.41, 5.74) is 1.28. The lowest BCUT2D eigenvalue weighted by Gasteiger charge is -1.96. The highest BCUT2D eigenvalue weighted by Crippen LogP contribution is 1.94. The maximum atomic E-state index is 4.13. The number of hydrogen-bond donors (Lipinski definition) is 0. The Morgan fingerprint density at radius 1 is 1.40 bits per heavy atom. The van der Waals surface area contributed by atoms with Crippen LogP contribution in [-0.2, 0) is 0 Å². The SMILES string of the molecule is CCC(CCC=NC)=NC. The minimum absolute atomic E-state index is 1.02.